The molecule has 4 nitrogen and oxygen atoms in total. The molecular weight excluding hydrogens is 396 g/mol. The fraction of sp³-hybridized carbons (Fsp3) is 0.520. The van der Waals surface area contributed by atoms with E-state index in [1.807, 2.05) is 39.0 Å². The van der Waals surface area contributed by atoms with Crippen molar-refractivity contribution in [3.63, 3.8) is 0 Å². The van der Waals surface area contributed by atoms with E-state index >= 15 is 0 Å². The Morgan fingerprint density at radius 3 is 2.43 bits per heavy atom. The predicted molar refractivity (Wildman–Crippen MR) is 123 cm³/mol. The van der Waals surface area contributed by atoms with Crippen molar-refractivity contribution in [3.05, 3.63) is 51.2 Å². The van der Waals surface area contributed by atoms with Crippen molar-refractivity contribution in [2.24, 2.45) is 5.41 Å². The van der Waals surface area contributed by atoms with Crippen LogP contribution in [0.4, 0.5) is 0 Å². The molecule has 0 spiro atoms. The summed E-state index contributed by atoms with van der Waals surface area (Å²) in [6.07, 6.45) is 3.86. The molecule has 0 aliphatic heterocycles. The van der Waals surface area contributed by atoms with Gasteiger partial charge in [0.2, 0.25) is 0 Å². The van der Waals surface area contributed by atoms with Gasteiger partial charge in [0.05, 0.1) is 7.11 Å². The first-order valence-corrected chi connectivity index (χ1v) is 11.5. The summed E-state index contributed by atoms with van der Waals surface area (Å²) in [7, 11) is 1.41. The van der Waals surface area contributed by atoms with Gasteiger partial charge in [-0.2, -0.15) is 0 Å². The molecule has 2 rings (SSSR count). The Morgan fingerprint density at radius 2 is 1.83 bits per heavy atom. The fourth-order valence-electron chi connectivity index (χ4n) is 3.24. The Morgan fingerprint density at radius 1 is 1.10 bits per heavy atom. The van der Waals surface area contributed by atoms with Crippen LogP contribution < -0.4 is 4.74 Å². The standard InChI is InChI=1S/C25H34O4S/c1-7-18(21-13-14-22(30-21)24(27)28-6)11-9-17-10-12-20(19(8-2)15-17)29-16-23(26)25(3,4)5/h10,12-15,18H,7-9,11,16H2,1-6H3. The smallest absolute Gasteiger partial charge is 0.348 e. The van der Waals surface area contributed by atoms with E-state index < -0.39 is 5.41 Å². The van der Waals surface area contributed by atoms with Gasteiger partial charge in [0, 0.05) is 10.3 Å². The normalized spacial score (nSPS) is 12.5. The molecule has 0 amide bonds. The van der Waals surface area contributed by atoms with Crippen LogP contribution in [0.1, 0.15) is 79.1 Å². The van der Waals surface area contributed by atoms with Gasteiger partial charge in [-0.3, -0.25) is 4.79 Å². The van der Waals surface area contributed by atoms with Gasteiger partial charge in [-0.1, -0.05) is 46.8 Å². The van der Waals surface area contributed by atoms with Crippen LogP contribution in [-0.4, -0.2) is 25.5 Å². The molecule has 1 unspecified atom stereocenters. The van der Waals surface area contributed by atoms with Crippen molar-refractivity contribution in [2.45, 2.75) is 66.2 Å². The molecule has 2 aromatic rings. The maximum absolute atomic E-state index is 12.2. The first-order chi connectivity index (χ1) is 14.2. The van der Waals surface area contributed by atoms with E-state index in [1.165, 1.54) is 28.9 Å². The number of methoxy groups -OCH3 is 1. The fourth-order valence-corrected chi connectivity index (χ4v) is 4.38. The highest BCUT2D eigenvalue weighted by atomic mass is 32.1. The Bertz CT molecular complexity index is 860. The van der Waals surface area contributed by atoms with Crippen molar-refractivity contribution < 1.29 is 19.1 Å². The molecule has 0 saturated heterocycles. The summed E-state index contributed by atoms with van der Waals surface area (Å²) in [5.41, 5.74) is 2.01. The van der Waals surface area contributed by atoms with Gasteiger partial charge in [-0.25, -0.2) is 4.79 Å². The molecule has 0 radical (unpaired) electrons. The second-order valence-corrected chi connectivity index (χ2v) is 9.71. The van der Waals surface area contributed by atoms with Gasteiger partial charge in [-0.05, 0) is 60.9 Å². The summed E-state index contributed by atoms with van der Waals surface area (Å²) in [6, 6.07) is 10.2. The van der Waals surface area contributed by atoms with Crippen LogP contribution in [0.25, 0.3) is 0 Å². The number of hydrogen-bond donors (Lipinski definition) is 0. The van der Waals surface area contributed by atoms with Crippen molar-refractivity contribution in [1.29, 1.82) is 0 Å². The molecule has 1 aromatic heterocycles. The maximum Gasteiger partial charge on any atom is 0.348 e. The zero-order valence-electron chi connectivity index (χ0n) is 19.0. The lowest BCUT2D eigenvalue weighted by atomic mass is 9.91. The zero-order valence-corrected chi connectivity index (χ0v) is 19.9. The summed E-state index contributed by atoms with van der Waals surface area (Å²) < 4.78 is 10.7. The highest BCUT2D eigenvalue weighted by Crippen LogP contribution is 2.32. The number of Topliss-reactive ketones (excluding diaryl/α,β-unsaturated/α-hetero) is 1. The number of aryl methyl sites for hydroxylation is 2. The first kappa shape index (κ1) is 24.1. The average Bonchev–Trinajstić information content (AvgIpc) is 3.21. The van der Waals surface area contributed by atoms with Crippen LogP contribution in [-0.2, 0) is 22.4 Å². The van der Waals surface area contributed by atoms with Crippen LogP contribution in [0.2, 0.25) is 0 Å². The molecule has 0 fully saturated rings. The van der Waals surface area contributed by atoms with Crippen molar-refractivity contribution in [1.82, 2.24) is 0 Å². The number of hydrogen-bond acceptors (Lipinski definition) is 5. The summed E-state index contributed by atoms with van der Waals surface area (Å²) in [5, 5.41) is 0. The van der Waals surface area contributed by atoms with E-state index in [0.29, 0.717) is 10.8 Å². The van der Waals surface area contributed by atoms with Crippen LogP contribution in [0.5, 0.6) is 5.75 Å². The number of carbonyl (C=O) groups is 2. The number of carbonyl (C=O) groups excluding carboxylic acids is 2. The van der Waals surface area contributed by atoms with E-state index in [4.69, 9.17) is 9.47 Å². The highest BCUT2D eigenvalue weighted by molar-refractivity contribution is 7.14. The number of esters is 1. The molecule has 164 valence electrons. The number of benzene rings is 1. The monoisotopic (exact) mass is 430 g/mol. The Balaban J connectivity index is 2.03. The van der Waals surface area contributed by atoms with Gasteiger partial charge in [0.1, 0.15) is 17.2 Å². The number of ether oxygens (including phenoxy) is 2. The van der Waals surface area contributed by atoms with Gasteiger partial charge < -0.3 is 9.47 Å². The molecule has 0 bridgehead atoms. The SMILES string of the molecule is CCc1cc(CCC(CC)c2ccc(C(=O)OC)s2)ccc1OCC(=O)C(C)(C)C. The average molecular weight is 431 g/mol. The van der Waals surface area contributed by atoms with Gasteiger partial charge in [0.25, 0.3) is 0 Å². The second-order valence-electron chi connectivity index (χ2n) is 8.59. The van der Waals surface area contributed by atoms with E-state index in [0.717, 1.165) is 37.0 Å². The van der Waals surface area contributed by atoms with Gasteiger partial charge in [0.15, 0.2) is 5.78 Å². The van der Waals surface area contributed by atoms with Crippen molar-refractivity contribution >= 4 is 23.1 Å². The number of rotatable bonds is 10. The van der Waals surface area contributed by atoms with Crippen LogP contribution in [0.3, 0.4) is 0 Å². The summed E-state index contributed by atoms with van der Waals surface area (Å²) in [6.45, 7) is 10.1. The summed E-state index contributed by atoms with van der Waals surface area (Å²) in [5.74, 6) is 1.04. The Kier molecular flexibility index (Phi) is 8.65. The molecule has 0 aliphatic carbocycles. The third-order valence-corrected chi connectivity index (χ3v) is 6.62. The van der Waals surface area contributed by atoms with Gasteiger partial charge in [-0.15, -0.1) is 11.3 Å². The number of thiophene rings is 1. The molecule has 0 aliphatic rings. The minimum Gasteiger partial charge on any atom is -0.486 e. The second kappa shape index (κ2) is 10.8. The van der Waals surface area contributed by atoms with Crippen LogP contribution >= 0.6 is 11.3 Å². The zero-order chi connectivity index (χ0) is 22.3. The van der Waals surface area contributed by atoms with Gasteiger partial charge >= 0.3 is 5.97 Å². The minimum atomic E-state index is -0.392. The first-order valence-electron chi connectivity index (χ1n) is 10.7. The van der Waals surface area contributed by atoms with Crippen molar-refractivity contribution in [3.8, 4) is 5.75 Å². The lowest BCUT2D eigenvalue weighted by Crippen LogP contribution is -2.26. The molecule has 1 atom stereocenters. The lowest BCUT2D eigenvalue weighted by molar-refractivity contribution is -0.128. The molecule has 0 N–H and O–H groups in total. The molecule has 0 saturated carbocycles. The molecular formula is C25H34O4S. The molecule has 5 heteroatoms. The van der Waals surface area contributed by atoms with Crippen LogP contribution in [0.15, 0.2) is 30.3 Å². The number of ketones is 1. The van der Waals surface area contributed by atoms with E-state index in [9.17, 15) is 9.59 Å². The Hall–Kier alpha value is -2.14. The minimum absolute atomic E-state index is 0.0988. The lowest BCUT2D eigenvalue weighted by Gasteiger charge is -2.18. The highest BCUT2D eigenvalue weighted by Gasteiger charge is 2.22. The predicted octanol–water partition coefficient (Wildman–Crippen LogP) is 6.22. The third-order valence-electron chi connectivity index (χ3n) is 5.39. The summed E-state index contributed by atoms with van der Waals surface area (Å²) >= 11 is 1.53. The largest absolute Gasteiger partial charge is 0.486 e. The molecule has 1 aromatic carbocycles. The quantitative estimate of drug-likeness (QED) is 0.420. The van der Waals surface area contributed by atoms with E-state index in [1.54, 1.807) is 0 Å². The van der Waals surface area contributed by atoms with Crippen molar-refractivity contribution in [2.75, 3.05) is 13.7 Å². The third kappa shape index (κ3) is 6.43. The maximum atomic E-state index is 12.2. The molecule has 1 heterocycles. The van der Waals surface area contributed by atoms with Crippen LogP contribution in [0, 0.1) is 5.41 Å². The van der Waals surface area contributed by atoms with E-state index in [-0.39, 0.29) is 18.4 Å². The molecule has 30 heavy (non-hydrogen) atoms. The summed E-state index contributed by atoms with van der Waals surface area (Å²) in [4.78, 5) is 25.8. The van der Waals surface area contributed by atoms with E-state index in [2.05, 4.69) is 26.0 Å². The Labute approximate surface area is 184 Å². The topological polar surface area (TPSA) is 52.6 Å².